The van der Waals surface area contributed by atoms with E-state index in [0.29, 0.717) is 29.0 Å². The van der Waals surface area contributed by atoms with Crippen molar-refractivity contribution in [3.63, 3.8) is 0 Å². The Bertz CT molecular complexity index is 1240. The Morgan fingerprint density at radius 3 is 2.68 bits per heavy atom. The standard InChI is InChI=1S/C23H27ClN4O5S/c1-31-20-14-17-19(15-21(20)33-11-5-4-8-28-9-12-32-13-10-28)25-16-26-23(17)27-34(29,30)22-7-3-2-6-18(22)24/h2-3,6-7,14-16H,4-5,8-13H2,1H3,(H,25,26,27). The summed E-state index contributed by atoms with van der Waals surface area (Å²) in [6.45, 7) is 5.09. The van der Waals surface area contributed by atoms with E-state index >= 15 is 0 Å². The van der Waals surface area contributed by atoms with Crippen LogP contribution in [0.2, 0.25) is 5.02 Å². The molecule has 0 bridgehead atoms. The summed E-state index contributed by atoms with van der Waals surface area (Å²) >= 11 is 6.08. The van der Waals surface area contributed by atoms with Crippen molar-refractivity contribution in [3.05, 3.63) is 47.7 Å². The van der Waals surface area contributed by atoms with Gasteiger partial charge in [0.1, 0.15) is 11.2 Å². The molecule has 0 radical (unpaired) electrons. The Labute approximate surface area is 204 Å². The second-order valence-corrected chi connectivity index (χ2v) is 9.85. The maximum atomic E-state index is 12.9. The SMILES string of the molecule is COc1cc2c(NS(=O)(=O)c3ccccc3Cl)ncnc2cc1OCCCCN1CCOCC1. The van der Waals surface area contributed by atoms with E-state index in [1.54, 1.807) is 24.3 Å². The number of benzene rings is 2. The molecule has 9 nitrogen and oxygen atoms in total. The summed E-state index contributed by atoms with van der Waals surface area (Å²) in [5, 5.41) is 0.602. The molecule has 3 aromatic rings. The van der Waals surface area contributed by atoms with E-state index in [-0.39, 0.29) is 15.7 Å². The molecule has 2 heterocycles. The topological polar surface area (TPSA) is 103 Å². The normalized spacial score (nSPS) is 14.8. The molecular weight excluding hydrogens is 480 g/mol. The number of fused-ring (bicyclic) bond motifs is 1. The average Bonchev–Trinajstić information content (AvgIpc) is 2.84. The van der Waals surface area contributed by atoms with Crippen molar-refractivity contribution < 1.29 is 22.6 Å². The number of ether oxygens (including phenoxy) is 3. The van der Waals surface area contributed by atoms with Gasteiger partial charge in [0.2, 0.25) is 0 Å². The third kappa shape index (κ3) is 5.87. The monoisotopic (exact) mass is 506 g/mol. The number of halogens is 1. The first-order chi connectivity index (χ1) is 16.5. The first-order valence-corrected chi connectivity index (χ1v) is 12.9. The number of anilines is 1. The van der Waals surface area contributed by atoms with Gasteiger partial charge in [-0.3, -0.25) is 9.62 Å². The molecule has 1 aliphatic rings. The molecule has 0 spiro atoms. The van der Waals surface area contributed by atoms with Crippen molar-refractivity contribution in [2.75, 3.05) is 51.3 Å². The summed E-state index contributed by atoms with van der Waals surface area (Å²) in [6.07, 6.45) is 3.21. The minimum absolute atomic E-state index is 0.0348. The van der Waals surface area contributed by atoms with Crippen molar-refractivity contribution in [2.45, 2.75) is 17.7 Å². The van der Waals surface area contributed by atoms with Crippen molar-refractivity contribution in [1.29, 1.82) is 0 Å². The van der Waals surface area contributed by atoms with Crippen molar-refractivity contribution in [3.8, 4) is 11.5 Å². The number of methoxy groups -OCH3 is 1. The molecular formula is C23H27ClN4O5S. The van der Waals surface area contributed by atoms with Crippen LogP contribution in [0.1, 0.15) is 12.8 Å². The Hall–Kier alpha value is -2.66. The van der Waals surface area contributed by atoms with Crippen LogP contribution in [-0.4, -0.2) is 69.9 Å². The van der Waals surface area contributed by atoms with E-state index in [1.807, 2.05) is 0 Å². The van der Waals surface area contributed by atoms with Crippen LogP contribution in [0.5, 0.6) is 11.5 Å². The maximum absolute atomic E-state index is 12.9. The van der Waals surface area contributed by atoms with Gasteiger partial charge in [-0.1, -0.05) is 23.7 Å². The van der Waals surface area contributed by atoms with E-state index in [4.69, 9.17) is 25.8 Å². The van der Waals surface area contributed by atoms with Crippen LogP contribution in [0.4, 0.5) is 5.82 Å². The summed E-state index contributed by atoms with van der Waals surface area (Å²) in [4.78, 5) is 10.8. The molecule has 0 aliphatic carbocycles. The fraction of sp³-hybridized carbons (Fsp3) is 0.391. The second-order valence-electron chi connectivity index (χ2n) is 7.79. The minimum atomic E-state index is -3.95. The summed E-state index contributed by atoms with van der Waals surface area (Å²) in [5.41, 5.74) is 0.524. The maximum Gasteiger partial charge on any atom is 0.264 e. The van der Waals surface area contributed by atoms with Gasteiger partial charge in [0, 0.05) is 24.5 Å². The number of nitrogens with one attached hydrogen (secondary N) is 1. The quantitative estimate of drug-likeness (QED) is 0.416. The van der Waals surface area contributed by atoms with E-state index in [0.717, 1.165) is 45.7 Å². The summed E-state index contributed by atoms with van der Waals surface area (Å²) in [7, 11) is -2.42. The first kappa shape index (κ1) is 24.5. The Morgan fingerprint density at radius 1 is 1.12 bits per heavy atom. The van der Waals surface area contributed by atoms with E-state index in [9.17, 15) is 8.42 Å². The molecule has 182 valence electrons. The molecule has 1 aromatic heterocycles. The molecule has 1 saturated heterocycles. The predicted octanol–water partition coefficient (Wildman–Crippen LogP) is 3.58. The molecule has 0 saturated carbocycles. The van der Waals surface area contributed by atoms with E-state index in [2.05, 4.69) is 19.6 Å². The van der Waals surface area contributed by atoms with Crippen molar-refractivity contribution in [1.82, 2.24) is 14.9 Å². The van der Waals surface area contributed by atoms with Crippen LogP contribution in [0.25, 0.3) is 10.9 Å². The highest BCUT2D eigenvalue weighted by molar-refractivity contribution is 7.92. The highest BCUT2D eigenvalue weighted by Crippen LogP contribution is 2.35. The molecule has 0 atom stereocenters. The van der Waals surface area contributed by atoms with E-state index < -0.39 is 10.0 Å². The number of morpholine rings is 1. The van der Waals surface area contributed by atoms with Crippen LogP contribution in [0.15, 0.2) is 47.6 Å². The molecule has 0 unspecified atom stereocenters. The van der Waals surface area contributed by atoms with Gasteiger partial charge >= 0.3 is 0 Å². The number of nitrogens with zero attached hydrogens (tertiary/aromatic N) is 3. The predicted molar refractivity (Wildman–Crippen MR) is 130 cm³/mol. The lowest BCUT2D eigenvalue weighted by Gasteiger charge is -2.26. The number of sulfonamides is 1. The largest absolute Gasteiger partial charge is 0.493 e. The van der Waals surface area contributed by atoms with Gasteiger partial charge < -0.3 is 14.2 Å². The third-order valence-corrected chi connectivity index (χ3v) is 7.35. The van der Waals surface area contributed by atoms with Crippen molar-refractivity contribution in [2.24, 2.45) is 0 Å². The Balaban J connectivity index is 1.47. The lowest BCUT2D eigenvalue weighted by atomic mass is 10.2. The van der Waals surface area contributed by atoms with E-state index in [1.165, 1.54) is 25.6 Å². The third-order valence-electron chi connectivity index (χ3n) is 5.51. The smallest absolute Gasteiger partial charge is 0.264 e. The minimum Gasteiger partial charge on any atom is -0.493 e. The van der Waals surface area contributed by atoms with Gasteiger partial charge in [-0.2, -0.15) is 0 Å². The molecule has 1 N–H and O–H groups in total. The van der Waals surface area contributed by atoms with Gasteiger partial charge in [0.15, 0.2) is 17.3 Å². The average molecular weight is 507 g/mol. The van der Waals surface area contributed by atoms with Gasteiger partial charge in [0.05, 0.1) is 37.5 Å². The lowest BCUT2D eigenvalue weighted by molar-refractivity contribution is 0.0368. The number of hydrogen-bond donors (Lipinski definition) is 1. The lowest BCUT2D eigenvalue weighted by Crippen LogP contribution is -2.36. The van der Waals surface area contributed by atoms with Crippen LogP contribution in [0.3, 0.4) is 0 Å². The molecule has 1 fully saturated rings. The highest BCUT2D eigenvalue weighted by atomic mass is 35.5. The molecule has 11 heteroatoms. The Kier molecular flexibility index (Phi) is 8.04. The fourth-order valence-electron chi connectivity index (χ4n) is 3.71. The summed E-state index contributed by atoms with van der Waals surface area (Å²) in [5.74, 6) is 1.13. The molecule has 1 aliphatic heterocycles. The fourth-order valence-corrected chi connectivity index (χ4v) is 5.26. The zero-order valence-electron chi connectivity index (χ0n) is 18.9. The molecule has 0 amide bonds. The van der Waals surface area contributed by atoms with Crippen LogP contribution < -0.4 is 14.2 Å². The van der Waals surface area contributed by atoms with Crippen LogP contribution >= 0.6 is 11.6 Å². The summed E-state index contributed by atoms with van der Waals surface area (Å²) < 4.78 is 45.1. The van der Waals surface area contributed by atoms with Crippen LogP contribution in [-0.2, 0) is 14.8 Å². The zero-order valence-corrected chi connectivity index (χ0v) is 20.4. The number of aromatic nitrogens is 2. The van der Waals surface area contributed by atoms with Gasteiger partial charge in [-0.15, -0.1) is 0 Å². The van der Waals surface area contributed by atoms with Gasteiger partial charge in [-0.25, -0.2) is 18.4 Å². The Morgan fingerprint density at radius 2 is 1.91 bits per heavy atom. The number of rotatable bonds is 10. The zero-order chi connectivity index (χ0) is 24.0. The highest BCUT2D eigenvalue weighted by Gasteiger charge is 2.20. The number of unbranched alkanes of at least 4 members (excludes halogenated alkanes) is 1. The first-order valence-electron chi connectivity index (χ1n) is 11.0. The molecule has 2 aromatic carbocycles. The van der Waals surface area contributed by atoms with Gasteiger partial charge in [0.25, 0.3) is 10.0 Å². The van der Waals surface area contributed by atoms with Gasteiger partial charge in [-0.05, 0) is 37.6 Å². The number of hydrogen-bond acceptors (Lipinski definition) is 8. The summed E-state index contributed by atoms with van der Waals surface area (Å²) in [6, 6.07) is 9.61. The second kappa shape index (κ2) is 11.2. The molecule has 4 rings (SSSR count). The van der Waals surface area contributed by atoms with Crippen molar-refractivity contribution >= 4 is 38.3 Å². The van der Waals surface area contributed by atoms with Crippen LogP contribution in [0, 0.1) is 0 Å². The molecule has 34 heavy (non-hydrogen) atoms.